The number of nitrogens with zero attached hydrogens (tertiary/aromatic N) is 3. The van der Waals surface area contributed by atoms with Gasteiger partial charge in [0, 0.05) is 39.0 Å². The minimum Gasteiger partial charge on any atom is -0.341 e. The van der Waals surface area contributed by atoms with Crippen molar-refractivity contribution in [2.75, 3.05) is 44.3 Å². The topological polar surface area (TPSA) is 99.2 Å². The summed E-state index contributed by atoms with van der Waals surface area (Å²) in [6.45, 7) is 3.98. The van der Waals surface area contributed by atoms with Crippen molar-refractivity contribution in [2.24, 2.45) is 4.40 Å². The third-order valence-corrected chi connectivity index (χ3v) is 7.85. The van der Waals surface area contributed by atoms with Gasteiger partial charge >= 0.3 is 0 Å². The van der Waals surface area contributed by atoms with Crippen LogP contribution in [0.25, 0.3) is 0 Å². The second kappa shape index (κ2) is 8.10. The van der Waals surface area contributed by atoms with Gasteiger partial charge in [-0.3, -0.25) is 9.80 Å². The van der Waals surface area contributed by atoms with E-state index in [-0.39, 0.29) is 4.90 Å². The number of fused-ring (bicyclic) bond motifs is 1. The fourth-order valence-electron chi connectivity index (χ4n) is 3.79. The van der Waals surface area contributed by atoms with Crippen molar-refractivity contribution >= 4 is 31.4 Å². The van der Waals surface area contributed by atoms with Crippen molar-refractivity contribution in [1.29, 1.82) is 0 Å². The molecule has 1 fully saturated rings. The quantitative estimate of drug-likeness (QED) is 0.739. The molecule has 4 rings (SSSR count). The van der Waals surface area contributed by atoms with Gasteiger partial charge in [0.2, 0.25) is 0 Å². The van der Waals surface area contributed by atoms with Crippen LogP contribution in [-0.4, -0.2) is 71.5 Å². The van der Waals surface area contributed by atoms with Crippen LogP contribution in [0.2, 0.25) is 0 Å². The Labute approximate surface area is 177 Å². The lowest BCUT2D eigenvalue weighted by Crippen LogP contribution is -2.48. The number of piperazine rings is 1. The number of anilines is 1. The lowest BCUT2D eigenvalue weighted by molar-refractivity contribution is 0.139. The molecule has 0 saturated carbocycles. The molecule has 8 nitrogen and oxygen atoms in total. The number of hydrogen-bond donors (Lipinski definition) is 1. The van der Waals surface area contributed by atoms with Gasteiger partial charge in [0.05, 0.1) is 17.1 Å². The predicted octanol–water partition coefficient (Wildman–Crippen LogP) is 1.42. The standard InChI is InChI=1S/C20H24N4O4S2/c1-29(25,26)18-8-4-2-6-16(18)14-23-10-12-24(13-11-23)15-20-21-17-7-3-5-9-19(17)30(27,28)22-20/h2-9H,10-15H2,1H3,(H,21,22). The maximum atomic E-state index is 12.4. The molecule has 0 amide bonds. The molecule has 1 N–H and O–H groups in total. The third-order valence-electron chi connectivity index (χ3n) is 5.28. The summed E-state index contributed by atoms with van der Waals surface area (Å²) in [5.41, 5.74) is 1.35. The Morgan fingerprint density at radius 2 is 1.53 bits per heavy atom. The maximum absolute atomic E-state index is 12.4. The molecule has 0 spiro atoms. The summed E-state index contributed by atoms with van der Waals surface area (Å²) in [5.74, 6) is 0.421. The van der Waals surface area contributed by atoms with Gasteiger partial charge < -0.3 is 5.32 Å². The van der Waals surface area contributed by atoms with Gasteiger partial charge in [-0.1, -0.05) is 30.3 Å². The van der Waals surface area contributed by atoms with E-state index < -0.39 is 19.9 Å². The average molecular weight is 449 g/mol. The first-order chi connectivity index (χ1) is 14.2. The highest BCUT2D eigenvalue weighted by molar-refractivity contribution is 7.91. The second-order valence-electron chi connectivity index (χ2n) is 7.57. The van der Waals surface area contributed by atoms with Gasteiger partial charge in [-0.2, -0.15) is 8.42 Å². The Balaban J connectivity index is 1.38. The zero-order valence-corrected chi connectivity index (χ0v) is 18.3. The molecule has 2 aromatic carbocycles. The number of para-hydroxylation sites is 1. The van der Waals surface area contributed by atoms with Gasteiger partial charge in [-0.05, 0) is 23.8 Å². The zero-order chi connectivity index (χ0) is 21.4. The molecule has 1 saturated heterocycles. The molecule has 30 heavy (non-hydrogen) atoms. The van der Waals surface area contributed by atoms with E-state index in [9.17, 15) is 16.8 Å². The molecular formula is C20H24N4O4S2. The van der Waals surface area contributed by atoms with Crippen LogP contribution in [-0.2, 0) is 26.4 Å². The zero-order valence-electron chi connectivity index (χ0n) is 16.7. The first-order valence-corrected chi connectivity index (χ1v) is 13.0. The van der Waals surface area contributed by atoms with E-state index in [1.54, 1.807) is 36.4 Å². The van der Waals surface area contributed by atoms with Crippen LogP contribution in [0.1, 0.15) is 5.56 Å². The number of sulfone groups is 1. The van der Waals surface area contributed by atoms with E-state index >= 15 is 0 Å². The Kier molecular flexibility index (Phi) is 5.67. The molecule has 0 aromatic heterocycles. The lowest BCUT2D eigenvalue weighted by atomic mass is 10.2. The Morgan fingerprint density at radius 1 is 0.933 bits per heavy atom. The van der Waals surface area contributed by atoms with Crippen molar-refractivity contribution in [3.05, 3.63) is 54.1 Å². The molecular weight excluding hydrogens is 424 g/mol. The predicted molar refractivity (Wildman–Crippen MR) is 116 cm³/mol. The number of nitrogens with one attached hydrogen (secondary N) is 1. The molecule has 160 valence electrons. The Hall–Kier alpha value is -2.27. The fourth-order valence-corrected chi connectivity index (χ4v) is 5.86. The Bertz CT molecular complexity index is 1180. The number of rotatable bonds is 5. The number of hydrogen-bond acceptors (Lipinski definition) is 7. The summed E-state index contributed by atoms with van der Waals surface area (Å²) in [5, 5.41) is 3.12. The second-order valence-corrected chi connectivity index (χ2v) is 11.1. The highest BCUT2D eigenvalue weighted by Crippen LogP contribution is 2.26. The van der Waals surface area contributed by atoms with E-state index in [0.717, 1.165) is 31.7 Å². The first-order valence-electron chi connectivity index (χ1n) is 9.65. The summed E-state index contributed by atoms with van der Waals surface area (Å²) in [6.07, 6.45) is 1.23. The van der Waals surface area contributed by atoms with Crippen molar-refractivity contribution in [3.63, 3.8) is 0 Å². The minimum atomic E-state index is -3.68. The van der Waals surface area contributed by atoms with E-state index in [0.29, 0.717) is 29.5 Å². The molecule has 0 bridgehead atoms. The molecule has 0 unspecified atom stereocenters. The van der Waals surface area contributed by atoms with Gasteiger partial charge in [-0.15, -0.1) is 4.40 Å². The van der Waals surface area contributed by atoms with E-state index in [1.165, 1.54) is 6.26 Å². The van der Waals surface area contributed by atoms with Crippen LogP contribution in [0.15, 0.2) is 62.7 Å². The van der Waals surface area contributed by atoms with Crippen molar-refractivity contribution in [1.82, 2.24) is 9.80 Å². The van der Waals surface area contributed by atoms with Gasteiger partial charge in [0.15, 0.2) is 9.84 Å². The van der Waals surface area contributed by atoms with Crippen LogP contribution in [0.4, 0.5) is 5.69 Å². The summed E-state index contributed by atoms with van der Waals surface area (Å²) in [7, 11) is -6.95. The van der Waals surface area contributed by atoms with E-state index in [1.807, 2.05) is 12.1 Å². The molecule has 2 heterocycles. The summed E-state index contributed by atoms with van der Waals surface area (Å²) >= 11 is 0. The van der Waals surface area contributed by atoms with E-state index in [2.05, 4.69) is 19.5 Å². The largest absolute Gasteiger partial charge is 0.341 e. The van der Waals surface area contributed by atoms with Crippen molar-refractivity contribution in [3.8, 4) is 0 Å². The fraction of sp³-hybridized carbons (Fsp3) is 0.350. The van der Waals surface area contributed by atoms with Crippen LogP contribution in [0.3, 0.4) is 0 Å². The van der Waals surface area contributed by atoms with Crippen molar-refractivity contribution < 1.29 is 16.8 Å². The Morgan fingerprint density at radius 3 is 2.23 bits per heavy atom. The first kappa shape index (κ1) is 21.0. The molecule has 0 aliphatic carbocycles. The monoisotopic (exact) mass is 448 g/mol. The maximum Gasteiger partial charge on any atom is 0.286 e. The SMILES string of the molecule is CS(=O)(=O)c1ccccc1CN1CCN(CC2=NS(=O)(=O)c3ccccc3N2)CC1. The van der Waals surface area contributed by atoms with Crippen LogP contribution in [0, 0.1) is 0 Å². The van der Waals surface area contributed by atoms with Gasteiger partial charge in [0.25, 0.3) is 10.0 Å². The molecule has 10 heteroatoms. The molecule has 2 aliphatic heterocycles. The van der Waals surface area contributed by atoms with Crippen LogP contribution < -0.4 is 5.32 Å². The lowest BCUT2D eigenvalue weighted by Gasteiger charge is -2.35. The summed E-state index contributed by atoms with van der Waals surface area (Å²) in [4.78, 5) is 4.93. The molecule has 0 radical (unpaired) electrons. The molecule has 0 atom stereocenters. The van der Waals surface area contributed by atoms with E-state index in [4.69, 9.17) is 0 Å². The summed E-state index contributed by atoms with van der Waals surface area (Å²) < 4.78 is 52.7. The van der Waals surface area contributed by atoms with Gasteiger partial charge in [-0.25, -0.2) is 8.42 Å². The number of benzene rings is 2. The number of amidine groups is 1. The minimum absolute atomic E-state index is 0.197. The highest BCUT2D eigenvalue weighted by Gasteiger charge is 2.26. The van der Waals surface area contributed by atoms with Gasteiger partial charge in [0.1, 0.15) is 10.7 Å². The smallest absolute Gasteiger partial charge is 0.286 e. The highest BCUT2D eigenvalue weighted by atomic mass is 32.2. The van der Waals surface area contributed by atoms with Crippen LogP contribution in [0.5, 0.6) is 0 Å². The average Bonchev–Trinajstić information content (AvgIpc) is 2.69. The molecule has 2 aromatic rings. The number of sulfonamides is 1. The summed E-state index contributed by atoms with van der Waals surface area (Å²) in [6, 6.07) is 13.8. The van der Waals surface area contributed by atoms with Crippen LogP contribution >= 0.6 is 0 Å². The molecule has 2 aliphatic rings. The third kappa shape index (κ3) is 4.56. The van der Waals surface area contributed by atoms with Crippen molar-refractivity contribution in [2.45, 2.75) is 16.3 Å². The normalized spacial score (nSPS) is 19.6.